The number of nitrogens with one attached hydrogen (secondary N) is 1. The van der Waals surface area contributed by atoms with Gasteiger partial charge in [-0.2, -0.15) is 0 Å². The third kappa shape index (κ3) is 7.91. The molecule has 0 aromatic heterocycles. The maximum absolute atomic E-state index is 13.2. The number of rotatable bonds is 11. The van der Waals surface area contributed by atoms with Gasteiger partial charge in [0.15, 0.2) is 0 Å². The van der Waals surface area contributed by atoms with Gasteiger partial charge in [0.05, 0.1) is 10.7 Å². The number of nitro groups is 1. The van der Waals surface area contributed by atoms with E-state index >= 15 is 0 Å². The highest BCUT2D eigenvalue weighted by Gasteiger charge is 2.28. The summed E-state index contributed by atoms with van der Waals surface area (Å²) in [5.74, 6) is 0.142. The lowest BCUT2D eigenvalue weighted by Crippen LogP contribution is -2.50. The van der Waals surface area contributed by atoms with E-state index < -0.39 is 11.0 Å². The molecule has 0 saturated heterocycles. The van der Waals surface area contributed by atoms with Crippen LogP contribution in [-0.2, 0) is 21.9 Å². The summed E-state index contributed by atoms with van der Waals surface area (Å²) in [6.45, 7) is 5.66. The Bertz CT molecular complexity index is 968. The number of nitrogens with zero attached hydrogens (tertiary/aromatic N) is 2. The predicted molar refractivity (Wildman–Crippen MR) is 134 cm³/mol. The number of thioether (sulfide) groups is 1. The lowest BCUT2D eigenvalue weighted by molar-refractivity contribution is -0.384. The summed E-state index contributed by atoms with van der Waals surface area (Å²) >= 11 is 14.0. The van der Waals surface area contributed by atoms with Gasteiger partial charge in [0.2, 0.25) is 11.8 Å². The first kappa shape index (κ1) is 27.0. The Morgan fingerprint density at radius 3 is 2.27 bits per heavy atom. The molecule has 2 amide bonds. The van der Waals surface area contributed by atoms with Gasteiger partial charge in [0.1, 0.15) is 6.04 Å². The highest BCUT2D eigenvalue weighted by Crippen LogP contribution is 2.27. The minimum Gasteiger partial charge on any atom is -0.352 e. The summed E-state index contributed by atoms with van der Waals surface area (Å²) in [7, 11) is 0. The van der Waals surface area contributed by atoms with Crippen LogP contribution in [0.2, 0.25) is 10.0 Å². The van der Waals surface area contributed by atoms with Crippen molar-refractivity contribution in [2.75, 3.05) is 5.75 Å². The van der Waals surface area contributed by atoms with E-state index in [2.05, 4.69) is 5.32 Å². The van der Waals surface area contributed by atoms with Gasteiger partial charge in [-0.25, -0.2) is 0 Å². The van der Waals surface area contributed by atoms with Crippen molar-refractivity contribution in [1.29, 1.82) is 0 Å². The fourth-order valence-electron chi connectivity index (χ4n) is 2.95. The minimum absolute atomic E-state index is 0.0164. The highest BCUT2D eigenvalue weighted by molar-refractivity contribution is 7.99. The van der Waals surface area contributed by atoms with Gasteiger partial charge < -0.3 is 10.2 Å². The van der Waals surface area contributed by atoms with Gasteiger partial charge in [0.25, 0.3) is 5.69 Å². The van der Waals surface area contributed by atoms with Crippen molar-refractivity contribution in [2.45, 2.75) is 51.6 Å². The molecule has 0 spiro atoms. The number of amides is 2. The molecule has 0 aliphatic heterocycles. The van der Waals surface area contributed by atoms with E-state index in [0.29, 0.717) is 21.4 Å². The van der Waals surface area contributed by atoms with Crippen LogP contribution in [0.5, 0.6) is 0 Å². The van der Waals surface area contributed by atoms with Crippen LogP contribution in [0.3, 0.4) is 0 Å². The van der Waals surface area contributed by atoms with Crippen LogP contribution in [0.15, 0.2) is 42.5 Å². The molecular weight excluding hydrogens is 485 g/mol. The molecule has 1 N–H and O–H groups in total. The number of halogens is 2. The van der Waals surface area contributed by atoms with E-state index in [-0.39, 0.29) is 35.8 Å². The summed E-state index contributed by atoms with van der Waals surface area (Å²) in [4.78, 5) is 37.7. The first-order valence-electron chi connectivity index (χ1n) is 10.5. The Morgan fingerprint density at radius 1 is 1.12 bits per heavy atom. The second kappa shape index (κ2) is 12.8. The number of benzene rings is 2. The zero-order chi connectivity index (χ0) is 24.5. The molecule has 2 atom stereocenters. The SMILES string of the molecule is CCC(C)NC(=O)C(C)N(Cc1c(Cl)cccc1Cl)C(=O)CSCc1ccc([N+](=O)[O-])cc1. The normalized spacial score (nSPS) is 12.6. The van der Waals surface area contributed by atoms with E-state index in [1.807, 2.05) is 13.8 Å². The molecule has 0 radical (unpaired) electrons. The topological polar surface area (TPSA) is 92.6 Å². The number of carbonyl (C=O) groups excluding carboxylic acids is 2. The molecule has 0 saturated carbocycles. The van der Waals surface area contributed by atoms with Crippen LogP contribution in [0.4, 0.5) is 5.69 Å². The van der Waals surface area contributed by atoms with Crippen LogP contribution in [0, 0.1) is 10.1 Å². The van der Waals surface area contributed by atoms with Gasteiger partial charge >= 0.3 is 0 Å². The zero-order valence-electron chi connectivity index (χ0n) is 18.7. The Labute approximate surface area is 208 Å². The number of hydrogen-bond acceptors (Lipinski definition) is 5. The third-order valence-corrected chi connectivity index (χ3v) is 6.90. The number of non-ortho nitro benzene ring substituents is 1. The highest BCUT2D eigenvalue weighted by atomic mass is 35.5. The number of hydrogen-bond donors (Lipinski definition) is 1. The first-order chi connectivity index (χ1) is 15.6. The molecule has 7 nitrogen and oxygen atoms in total. The Morgan fingerprint density at radius 2 is 1.73 bits per heavy atom. The summed E-state index contributed by atoms with van der Waals surface area (Å²) in [6.07, 6.45) is 0.772. The van der Waals surface area contributed by atoms with Crippen LogP contribution >= 0.6 is 35.0 Å². The molecule has 0 heterocycles. The third-order valence-electron chi connectivity index (χ3n) is 5.20. The quantitative estimate of drug-likeness (QED) is 0.319. The van der Waals surface area contributed by atoms with Gasteiger partial charge in [-0.3, -0.25) is 19.7 Å². The minimum atomic E-state index is -0.723. The van der Waals surface area contributed by atoms with Gasteiger partial charge in [-0.05, 0) is 38.0 Å². The smallest absolute Gasteiger partial charge is 0.269 e. The van der Waals surface area contributed by atoms with Gasteiger partial charge in [0, 0.05) is 46.1 Å². The lowest BCUT2D eigenvalue weighted by atomic mass is 10.1. The fraction of sp³-hybridized carbons (Fsp3) is 0.391. The summed E-state index contributed by atoms with van der Waals surface area (Å²) in [5.41, 5.74) is 1.46. The summed E-state index contributed by atoms with van der Waals surface area (Å²) < 4.78 is 0. The van der Waals surface area contributed by atoms with E-state index in [9.17, 15) is 19.7 Å². The van der Waals surface area contributed by atoms with E-state index in [1.54, 1.807) is 37.3 Å². The Balaban J connectivity index is 2.12. The van der Waals surface area contributed by atoms with Crippen LogP contribution in [0.1, 0.15) is 38.3 Å². The maximum atomic E-state index is 13.2. The van der Waals surface area contributed by atoms with Crippen LogP contribution in [0.25, 0.3) is 0 Å². The Hall–Kier alpha value is -2.29. The average molecular weight is 512 g/mol. The fourth-order valence-corrected chi connectivity index (χ4v) is 4.34. The van der Waals surface area contributed by atoms with Crippen molar-refractivity contribution in [3.05, 3.63) is 73.8 Å². The van der Waals surface area contributed by atoms with E-state index in [4.69, 9.17) is 23.2 Å². The van der Waals surface area contributed by atoms with Crippen molar-refractivity contribution in [3.8, 4) is 0 Å². The summed E-state index contributed by atoms with van der Waals surface area (Å²) in [6, 6.07) is 10.6. The van der Waals surface area contributed by atoms with Gasteiger partial charge in [-0.15, -0.1) is 11.8 Å². The molecule has 10 heteroatoms. The largest absolute Gasteiger partial charge is 0.352 e. The van der Waals surface area contributed by atoms with E-state index in [1.165, 1.54) is 28.8 Å². The molecule has 33 heavy (non-hydrogen) atoms. The monoisotopic (exact) mass is 511 g/mol. The molecule has 0 aliphatic carbocycles. The van der Waals surface area contributed by atoms with Crippen molar-refractivity contribution in [1.82, 2.24) is 10.2 Å². The van der Waals surface area contributed by atoms with Crippen molar-refractivity contribution >= 4 is 52.5 Å². The summed E-state index contributed by atoms with van der Waals surface area (Å²) in [5, 5.41) is 14.6. The molecule has 2 aromatic carbocycles. The van der Waals surface area contributed by atoms with Crippen molar-refractivity contribution in [3.63, 3.8) is 0 Å². The second-order valence-corrected chi connectivity index (χ2v) is 9.43. The molecule has 2 aromatic rings. The number of carbonyl (C=O) groups is 2. The van der Waals surface area contributed by atoms with Gasteiger partial charge in [-0.1, -0.05) is 48.3 Å². The standard InChI is InChI=1S/C23H27Cl2N3O4S/c1-4-15(2)26-23(30)16(3)27(12-19-20(24)6-5-7-21(19)25)22(29)14-33-13-17-8-10-18(11-9-17)28(31)32/h5-11,15-16H,4,12-14H2,1-3H3,(H,26,30). The van der Waals surface area contributed by atoms with Crippen molar-refractivity contribution < 1.29 is 14.5 Å². The van der Waals surface area contributed by atoms with E-state index in [0.717, 1.165) is 12.0 Å². The molecular formula is C23H27Cl2N3O4S. The second-order valence-electron chi connectivity index (χ2n) is 7.63. The molecule has 2 rings (SSSR count). The van der Waals surface area contributed by atoms with Crippen LogP contribution in [-0.4, -0.2) is 39.5 Å². The molecule has 0 fully saturated rings. The Kier molecular flexibility index (Phi) is 10.5. The molecule has 0 bridgehead atoms. The predicted octanol–water partition coefficient (Wildman–Crippen LogP) is 5.47. The first-order valence-corrected chi connectivity index (χ1v) is 12.4. The molecule has 178 valence electrons. The average Bonchev–Trinajstić information content (AvgIpc) is 2.78. The number of nitro benzene ring substituents is 1. The molecule has 0 aliphatic rings. The maximum Gasteiger partial charge on any atom is 0.269 e. The lowest BCUT2D eigenvalue weighted by Gasteiger charge is -2.30. The molecule has 2 unspecified atom stereocenters. The van der Waals surface area contributed by atoms with Crippen molar-refractivity contribution in [2.24, 2.45) is 0 Å². The zero-order valence-corrected chi connectivity index (χ0v) is 21.0. The van der Waals surface area contributed by atoms with Crippen LogP contribution < -0.4 is 5.32 Å².